The molecule has 1 aromatic carbocycles. The van der Waals surface area contributed by atoms with Crippen molar-refractivity contribution in [2.24, 2.45) is 0 Å². The van der Waals surface area contributed by atoms with E-state index in [2.05, 4.69) is 29.8 Å². The molecule has 2 atom stereocenters. The van der Waals surface area contributed by atoms with E-state index in [1.165, 1.54) is 35.3 Å². The molecule has 0 bridgehead atoms. The van der Waals surface area contributed by atoms with Crippen molar-refractivity contribution in [3.8, 4) is 0 Å². The van der Waals surface area contributed by atoms with Crippen molar-refractivity contribution < 1.29 is 5.11 Å². The topological polar surface area (TPSA) is 32.3 Å². The molecule has 2 N–H and O–H groups in total. The lowest BCUT2D eigenvalue weighted by Gasteiger charge is -2.30. The van der Waals surface area contributed by atoms with Gasteiger partial charge in [0, 0.05) is 23.2 Å². The van der Waals surface area contributed by atoms with E-state index in [1.807, 2.05) is 23.5 Å². The van der Waals surface area contributed by atoms with Crippen molar-refractivity contribution in [2.45, 2.75) is 42.2 Å². The van der Waals surface area contributed by atoms with Gasteiger partial charge in [0.2, 0.25) is 0 Å². The van der Waals surface area contributed by atoms with Crippen LogP contribution in [0.25, 0.3) is 0 Å². The molecule has 3 rings (SSSR count). The molecule has 20 heavy (non-hydrogen) atoms. The van der Waals surface area contributed by atoms with Crippen LogP contribution in [0.4, 0.5) is 0 Å². The van der Waals surface area contributed by atoms with Gasteiger partial charge in [0.15, 0.2) is 0 Å². The lowest BCUT2D eigenvalue weighted by molar-refractivity contribution is 0.0638. The van der Waals surface area contributed by atoms with Crippen LogP contribution in [0, 0.1) is 0 Å². The summed E-state index contributed by atoms with van der Waals surface area (Å²) < 4.78 is 0. The van der Waals surface area contributed by atoms with Crippen LogP contribution in [-0.2, 0) is 6.42 Å². The fraction of sp³-hybridized carbons (Fsp3) is 0.625. The Morgan fingerprint density at radius 1 is 1.50 bits per heavy atom. The predicted molar refractivity (Wildman–Crippen MR) is 88.8 cm³/mol. The monoisotopic (exact) mass is 309 g/mol. The molecule has 0 amide bonds. The molecule has 2 aliphatic rings. The van der Waals surface area contributed by atoms with E-state index >= 15 is 0 Å². The Labute approximate surface area is 130 Å². The second-order valence-corrected chi connectivity index (χ2v) is 7.90. The van der Waals surface area contributed by atoms with Gasteiger partial charge in [-0.3, -0.25) is 0 Å². The predicted octanol–water partition coefficient (Wildman–Crippen LogP) is 3.24. The summed E-state index contributed by atoms with van der Waals surface area (Å²) in [5.74, 6) is 1.97. The van der Waals surface area contributed by atoms with Crippen molar-refractivity contribution in [3.63, 3.8) is 0 Å². The highest BCUT2D eigenvalue weighted by Gasteiger charge is 2.32. The number of aryl methyl sites for hydroxylation is 1. The Kier molecular flexibility index (Phi) is 4.65. The quantitative estimate of drug-likeness (QED) is 0.836. The molecule has 1 aliphatic carbocycles. The van der Waals surface area contributed by atoms with Gasteiger partial charge in [0.25, 0.3) is 0 Å². The summed E-state index contributed by atoms with van der Waals surface area (Å²) in [6.07, 6.45) is 6.69. The number of thioether (sulfide) groups is 2. The Balaban J connectivity index is 1.70. The smallest absolute Gasteiger partial charge is 0.0869 e. The van der Waals surface area contributed by atoms with E-state index in [1.54, 1.807) is 0 Å². The van der Waals surface area contributed by atoms with Gasteiger partial charge in [0.05, 0.1) is 5.60 Å². The standard InChI is InChI=1S/C16H23NOS2/c1-19-13-5-6-14-12(9-13)3-2-4-15(14)17-10-16(18)7-8-20-11-16/h5-6,9,15,17-18H,2-4,7-8,10-11H2,1H3. The summed E-state index contributed by atoms with van der Waals surface area (Å²) in [6, 6.07) is 7.27. The SMILES string of the molecule is CSc1ccc2c(c1)CCCC2NCC1(O)CCSC1. The molecule has 110 valence electrons. The third-order valence-electron chi connectivity index (χ3n) is 4.42. The van der Waals surface area contributed by atoms with Crippen LogP contribution >= 0.6 is 23.5 Å². The van der Waals surface area contributed by atoms with E-state index < -0.39 is 5.60 Å². The Bertz CT molecular complexity index is 472. The first kappa shape index (κ1) is 14.8. The minimum Gasteiger partial charge on any atom is -0.388 e. The van der Waals surface area contributed by atoms with Crippen LogP contribution in [0.3, 0.4) is 0 Å². The summed E-state index contributed by atoms with van der Waals surface area (Å²) in [7, 11) is 0. The number of rotatable bonds is 4. The first-order valence-corrected chi connectivity index (χ1v) is 9.78. The average molecular weight is 310 g/mol. The van der Waals surface area contributed by atoms with Crippen LogP contribution in [0.2, 0.25) is 0 Å². The fourth-order valence-corrected chi connectivity index (χ4v) is 4.94. The summed E-state index contributed by atoms with van der Waals surface area (Å²) in [5, 5.41) is 14.1. The summed E-state index contributed by atoms with van der Waals surface area (Å²) in [6.45, 7) is 0.731. The van der Waals surface area contributed by atoms with Gasteiger partial charge in [-0.1, -0.05) is 6.07 Å². The van der Waals surface area contributed by atoms with Gasteiger partial charge in [-0.05, 0) is 61.0 Å². The van der Waals surface area contributed by atoms with Crippen molar-refractivity contribution >= 4 is 23.5 Å². The van der Waals surface area contributed by atoms with Crippen LogP contribution in [0.5, 0.6) is 0 Å². The number of aliphatic hydroxyl groups is 1. The van der Waals surface area contributed by atoms with Crippen molar-refractivity contribution in [1.29, 1.82) is 0 Å². The Morgan fingerprint density at radius 3 is 3.15 bits per heavy atom. The third-order valence-corrected chi connectivity index (χ3v) is 6.38. The molecule has 1 heterocycles. The molecule has 0 spiro atoms. The molecular formula is C16H23NOS2. The molecular weight excluding hydrogens is 286 g/mol. The minimum atomic E-state index is -0.485. The number of hydrogen-bond donors (Lipinski definition) is 2. The Hall–Kier alpha value is -0.160. The van der Waals surface area contributed by atoms with E-state index in [0.717, 1.165) is 24.5 Å². The molecule has 1 aliphatic heterocycles. The number of nitrogens with one attached hydrogen (secondary N) is 1. The average Bonchev–Trinajstić information content (AvgIpc) is 2.91. The third kappa shape index (κ3) is 3.19. The van der Waals surface area contributed by atoms with Gasteiger partial charge in [-0.2, -0.15) is 11.8 Å². The van der Waals surface area contributed by atoms with Crippen LogP contribution in [0.1, 0.15) is 36.4 Å². The molecule has 4 heteroatoms. The van der Waals surface area contributed by atoms with E-state index in [0.29, 0.717) is 6.04 Å². The molecule has 2 unspecified atom stereocenters. The second kappa shape index (κ2) is 6.30. The van der Waals surface area contributed by atoms with E-state index in [-0.39, 0.29) is 0 Å². The maximum Gasteiger partial charge on any atom is 0.0869 e. The molecule has 1 aromatic rings. The lowest BCUT2D eigenvalue weighted by atomic mass is 9.87. The maximum absolute atomic E-state index is 10.5. The highest BCUT2D eigenvalue weighted by molar-refractivity contribution is 7.99. The molecule has 2 nitrogen and oxygen atoms in total. The summed E-state index contributed by atoms with van der Waals surface area (Å²) in [5.41, 5.74) is 2.46. The van der Waals surface area contributed by atoms with Gasteiger partial charge in [-0.25, -0.2) is 0 Å². The number of benzene rings is 1. The van der Waals surface area contributed by atoms with Crippen LogP contribution < -0.4 is 5.32 Å². The molecule has 1 saturated heterocycles. The molecule has 0 radical (unpaired) electrons. The highest BCUT2D eigenvalue weighted by atomic mass is 32.2. The van der Waals surface area contributed by atoms with Gasteiger partial charge >= 0.3 is 0 Å². The zero-order chi connectivity index (χ0) is 14.0. The summed E-state index contributed by atoms with van der Waals surface area (Å²) >= 11 is 3.68. The van der Waals surface area contributed by atoms with E-state index in [4.69, 9.17) is 0 Å². The fourth-order valence-electron chi connectivity index (χ4n) is 3.18. The summed E-state index contributed by atoms with van der Waals surface area (Å²) in [4.78, 5) is 1.36. The van der Waals surface area contributed by atoms with Crippen molar-refractivity contribution in [3.05, 3.63) is 29.3 Å². The zero-order valence-electron chi connectivity index (χ0n) is 12.0. The van der Waals surface area contributed by atoms with Crippen molar-refractivity contribution in [2.75, 3.05) is 24.3 Å². The van der Waals surface area contributed by atoms with Crippen LogP contribution in [-0.4, -0.2) is 35.0 Å². The van der Waals surface area contributed by atoms with Gasteiger partial charge < -0.3 is 10.4 Å². The van der Waals surface area contributed by atoms with E-state index in [9.17, 15) is 5.11 Å². The minimum absolute atomic E-state index is 0.421. The van der Waals surface area contributed by atoms with Crippen molar-refractivity contribution in [1.82, 2.24) is 5.32 Å². The largest absolute Gasteiger partial charge is 0.388 e. The Morgan fingerprint density at radius 2 is 2.40 bits per heavy atom. The zero-order valence-corrected chi connectivity index (χ0v) is 13.7. The van der Waals surface area contributed by atoms with Crippen LogP contribution in [0.15, 0.2) is 23.1 Å². The first-order valence-electron chi connectivity index (χ1n) is 7.40. The highest BCUT2D eigenvalue weighted by Crippen LogP contribution is 2.33. The maximum atomic E-state index is 10.5. The molecule has 0 saturated carbocycles. The number of fused-ring (bicyclic) bond motifs is 1. The van der Waals surface area contributed by atoms with Gasteiger partial charge in [0.1, 0.15) is 0 Å². The molecule has 0 aromatic heterocycles. The lowest BCUT2D eigenvalue weighted by Crippen LogP contribution is -2.42. The second-order valence-electron chi connectivity index (χ2n) is 5.92. The normalized spacial score (nSPS) is 29.4. The molecule has 1 fully saturated rings. The van der Waals surface area contributed by atoms with Gasteiger partial charge in [-0.15, -0.1) is 11.8 Å². The number of hydrogen-bond acceptors (Lipinski definition) is 4. The first-order chi connectivity index (χ1) is 9.70.